The van der Waals surface area contributed by atoms with Crippen LogP contribution in [-0.2, 0) is 11.2 Å². The molecule has 154 valence electrons. The summed E-state index contributed by atoms with van der Waals surface area (Å²) in [4.78, 5) is 17.3. The highest BCUT2D eigenvalue weighted by Crippen LogP contribution is 2.63. The predicted molar refractivity (Wildman–Crippen MR) is 118 cm³/mol. The number of pyridine rings is 1. The molecule has 2 aliphatic carbocycles. The number of fused-ring (bicyclic) bond motifs is 1. The first-order valence-corrected chi connectivity index (χ1v) is 11.1. The smallest absolute Gasteiger partial charge is 0.140 e. The zero-order valence-corrected chi connectivity index (χ0v) is 17.9. The Morgan fingerprint density at radius 3 is 2.63 bits per heavy atom. The number of benzene rings is 2. The van der Waals surface area contributed by atoms with Crippen LogP contribution in [0.2, 0.25) is 5.02 Å². The highest BCUT2D eigenvalue weighted by atomic mass is 35.5. The van der Waals surface area contributed by atoms with Crippen LogP contribution in [0.3, 0.4) is 0 Å². The summed E-state index contributed by atoms with van der Waals surface area (Å²) in [5.74, 6) is 0.806. The molecule has 2 nitrogen and oxygen atoms in total. The molecule has 1 aromatic heterocycles. The molecule has 2 fully saturated rings. The molecule has 1 heterocycles. The van der Waals surface area contributed by atoms with Crippen LogP contribution in [0.1, 0.15) is 54.7 Å². The number of aryl methyl sites for hydroxylation is 1. The molecule has 0 N–H and O–H groups in total. The summed E-state index contributed by atoms with van der Waals surface area (Å²) < 4.78 is 14.2. The van der Waals surface area contributed by atoms with E-state index in [1.807, 2.05) is 36.5 Å². The van der Waals surface area contributed by atoms with Crippen LogP contribution in [0.25, 0.3) is 10.9 Å². The molecule has 0 unspecified atom stereocenters. The number of hydrogen-bond donors (Lipinski definition) is 0. The van der Waals surface area contributed by atoms with E-state index in [2.05, 4.69) is 11.1 Å². The average Bonchev–Trinajstić information content (AvgIpc) is 3.44. The number of carbonyl (C=O) groups excluding carboxylic acids is 1. The van der Waals surface area contributed by atoms with Crippen LogP contribution in [0.4, 0.5) is 4.39 Å². The van der Waals surface area contributed by atoms with Crippen molar-refractivity contribution in [3.8, 4) is 0 Å². The lowest BCUT2D eigenvalue weighted by Gasteiger charge is -2.30. The minimum atomic E-state index is -0.168. The molecular weight excluding hydrogens is 397 g/mol. The van der Waals surface area contributed by atoms with Gasteiger partial charge in [0.2, 0.25) is 0 Å². The van der Waals surface area contributed by atoms with Crippen molar-refractivity contribution in [2.45, 2.75) is 51.4 Å². The molecule has 0 amide bonds. The maximum atomic E-state index is 14.2. The minimum absolute atomic E-state index is 0.168. The second-order valence-corrected chi connectivity index (χ2v) is 9.62. The van der Waals surface area contributed by atoms with Crippen molar-refractivity contribution in [2.24, 2.45) is 11.3 Å². The van der Waals surface area contributed by atoms with Gasteiger partial charge >= 0.3 is 0 Å². The van der Waals surface area contributed by atoms with Crippen LogP contribution < -0.4 is 0 Å². The number of rotatable bonds is 4. The van der Waals surface area contributed by atoms with Gasteiger partial charge in [0.15, 0.2) is 0 Å². The summed E-state index contributed by atoms with van der Waals surface area (Å²) in [6.45, 7) is 1.78. The SMILES string of the molecule is Cc1cc2nccc(C3CCC4(CC3)C[C@H]4C(=O)Cc3ccc(Cl)cc3)c2cc1F. The van der Waals surface area contributed by atoms with Crippen molar-refractivity contribution >= 4 is 28.3 Å². The molecule has 4 heteroatoms. The van der Waals surface area contributed by atoms with Gasteiger partial charge in [-0.1, -0.05) is 23.7 Å². The van der Waals surface area contributed by atoms with Gasteiger partial charge < -0.3 is 0 Å². The van der Waals surface area contributed by atoms with Crippen molar-refractivity contribution in [2.75, 3.05) is 0 Å². The lowest BCUT2D eigenvalue weighted by molar-refractivity contribution is -0.120. The molecule has 1 atom stereocenters. The summed E-state index contributed by atoms with van der Waals surface area (Å²) >= 11 is 5.95. The summed E-state index contributed by atoms with van der Waals surface area (Å²) in [6.07, 6.45) is 7.63. The van der Waals surface area contributed by atoms with E-state index in [-0.39, 0.29) is 17.2 Å². The van der Waals surface area contributed by atoms with Crippen LogP contribution in [-0.4, -0.2) is 10.8 Å². The Balaban J connectivity index is 1.27. The molecular formula is C26H25ClFNO. The fraction of sp³-hybridized carbons (Fsp3) is 0.385. The minimum Gasteiger partial charge on any atom is -0.299 e. The van der Waals surface area contributed by atoms with Crippen LogP contribution >= 0.6 is 11.6 Å². The number of halogens is 2. The van der Waals surface area contributed by atoms with Crippen LogP contribution in [0.15, 0.2) is 48.7 Å². The first-order valence-electron chi connectivity index (χ1n) is 10.8. The van der Waals surface area contributed by atoms with Crippen molar-refractivity contribution in [1.82, 2.24) is 4.98 Å². The fourth-order valence-electron chi connectivity index (χ4n) is 5.43. The molecule has 5 rings (SSSR count). The predicted octanol–water partition coefficient (Wildman–Crippen LogP) is 6.81. The fourth-order valence-corrected chi connectivity index (χ4v) is 5.56. The van der Waals surface area contributed by atoms with Gasteiger partial charge in [0.05, 0.1) is 5.52 Å². The maximum absolute atomic E-state index is 14.2. The lowest BCUT2D eigenvalue weighted by atomic mass is 9.74. The van der Waals surface area contributed by atoms with Gasteiger partial charge in [-0.2, -0.15) is 0 Å². The van der Waals surface area contributed by atoms with Gasteiger partial charge in [-0.3, -0.25) is 9.78 Å². The molecule has 2 aromatic carbocycles. The molecule has 2 saturated carbocycles. The van der Waals surface area contributed by atoms with Crippen LogP contribution in [0, 0.1) is 24.1 Å². The largest absolute Gasteiger partial charge is 0.299 e. The lowest BCUT2D eigenvalue weighted by Crippen LogP contribution is -2.20. The third kappa shape index (κ3) is 3.54. The Bertz CT molecular complexity index is 1120. The monoisotopic (exact) mass is 421 g/mol. The van der Waals surface area contributed by atoms with Crippen molar-refractivity contribution in [3.05, 3.63) is 76.2 Å². The summed E-state index contributed by atoms with van der Waals surface area (Å²) in [5.41, 5.74) is 3.95. The Kier molecular flexibility index (Phi) is 4.89. The Hall–Kier alpha value is -2.26. The van der Waals surface area contributed by atoms with E-state index >= 15 is 0 Å². The van der Waals surface area contributed by atoms with Gasteiger partial charge in [0.25, 0.3) is 0 Å². The van der Waals surface area contributed by atoms with E-state index < -0.39 is 0 Å². The number of ketones is 1. The molecule has 30 heavy (non-hydrogen) atoms. The van der Waals surface area contributed by atoms with Crippen molar-refractivity contribution in [1.29, 1.82) is 0 Å². The normalized spacial score (nSPS) is 25.6. The summed E-state index contributed by atoms with van der Waals surface area (Å²) in [7, 11) is 0. The van der Waals surface area contributed by atoms with Crippen molar-refractivity contribution in [3.63, 3.8) is 0 Å². The van der Waals surface area contributed by atoms with E-state index in [0.29, 0.717) is 28.7 Å². The van der Waals surface area contributed by atoms with E-state index in [0.717, 1.165) is 48.6 Å². The van der Waals surface area contributed by atoms with Gasteiger partial charge in [0, 0.05) is 28.9 Å². The van der Waals surface area contributed by atoms with Crippen LogP contribution in [0.5, 0.6) is 0 Å². The number of Topliss-reactive ketones (excluding diaryl/α,β-unsaturated/α-hetero) is 1. The van der Waals surface area contributed by atoms with Gasteiger partial charge in [-0.05, 0) is 97.4 Å². The molecule has 0 radical (unpaired) electrons. The Morgan fingerprint density at radius 2 is 1.90 bits per heavy atom. The Morgan fingerprint density at radius 1 is 1.17 bits per heavy atom. The Labute approximate surface area is 181 Å². The zero-order valence-electron chi connectivity index (χ0n) is 17.1. The highest BCUT2D eigenvalue weighted by Gasteiger charge is 2.57. The van der Waals surface area contributed by atoms with Gasteiger partial charge in [-0.25, -0.2) is 4.39 Å². The number of nitrogens with zero attached hydrogens (tertiary/aromatic N) is 1. The first kappa shape index (κ1) is 19.7. The topological polar surface area (TPSA) is 30.0 Å². The molecule has 0 saturated heterocycles. The zero-order chi connectivity index (χ0) is 20.9. The molecule has 2 aliphatic rings. The maximum Gasteiger partial charge on any atom is 0.140 e. The second kappa shape index (κ2) is 7.46. The van der Waals surface area contributed by atoms with E-state index in [9.17, 15) is 9.18 Å². The summed E-state index contributed by atoms with van der Waals surface area (Å²) in [6, 6.07) is 13.1. The standard InChI is InChI=1S/C26H25ClFNO/c1-16-12-24-21(14-23(16)28)20(8-11-29-24)18-6-9-26(10-7-18)15-22(26)25(30)13-17-2-4-19(27)5-3-17/h2-5,8,11-12,14,18,22H,6-7,9-10,13,15H2,1H3/t18?,22-,26?/m0/s1. The van der Waals surface area contributed by atoms with E-state index in [1.165, 1.54) is 5.56 Å². The summed E-state index contributed by atoms with van der Waals surface area (Å²) in [5, 5.41) is 1.64. The number of carbonyl (C=O) groups is 1. The van der Waals surface area contributed by atoms with E-state index in [4.69, 9.17) is 11.6 Å². The van der Waals surface area contributed by atoms with Gasteiger partial charge in [-0.15, -0.1) is 0 Å². The third-order valence-electron chi connectivity index (χ3n) is 7.35. The molecule has 1 spiro atoms. The van der Waals surface area contributed by atoms with Crippen molar-refractivity contribution < 1.29 is 9.18 Å². The number of aromatic nitrogens is 1. The highest BCUT2D eigenvalue weighted by molar-refractivity contribution is 6.30. The quantitative estimate of drug-likeness (QED) is 0.463. The first-order chi connectivity index (χ1) is 14.4. The molecule has 0 bridgehead atoms. The average molecular weight is 422 g/mol. The van der Waals surface area contributed by atoms with Gasteiger partial charge in [0.1, 0.15) is 11.6 Å². The van der Waals surface area contributed by atoms with E-state index in [1.54, 1.807) is 13.0 Å². The number of hydrogen-bond acceptors (Lipinski definition) is 2. The molecule has 0 aliphatic heterocycles. The molecule has 3 aromatic rings. The third-order valence-corrected chi connectivity index (χ3v) is 7.60. The second-order valence-electron chi connectivity index (χ2n) is 9.18.